The molecule has 1 heterocycles. The van der Waals surface area contributed by atoms with Crippen LogP contribution in [0.1, 0.15) is 17.3 Å². The summed E-state index contributed by atoms with van der Waals surface area (Å²) in [5.74, 6) is -0.460. The minimum absolute atomic E-state index is 0.0581. The van der Waals surface area contributed by atoms with Crippen molar-refractivity contribution in [1.82, 2.24) is 9.21 Å². The summed E-state index contributed by atoms with van der Waals surface area (Å²) in [5.41, 5.74) is 2.73. The number of benzene rings is 3. The molecule has 7 nitrogen and oxygen atoms in total. The molecule has 1 aliphatic heterocycles. The zero-order valence-electron chi connectivity index (χ0n) is 18.3. The van der Waals surface area contributed by atoms with E-state index in [9.17, 15) is 18.0 Å². The van der Waals surface area contributed by atoms with Crippen LogP contribution >= 0.6 is 0 Å². The van der Waals surface area contributed by atoms with Crippen molar-refractivity contribution in [2.45, 2.75) is 11.8 Å². The summed E-state index contributed by atoms with van der Waals surface area (Å²) in [6, 6.07) is 23.2. The van der Waals surface area contributed by atoms with Crippen molar-refractivity contribution >= 4 is 27.5 Å². The Kier molecular flexibility index (Phi) is 6.57. The second-order valence-corrected chi connectivity index (χ2v) is 9.74. The molecule has 3 aromatic rings. The van der Waals surface area contributed by atoms with E-state index >= 15 is 0 Å². The number of carbonyl (C=O) groups is 2. The number of nitrogens with zero attached hydrogens (tertiary/aromatic N) is 2. The molecule has 0 atom stereocenters. The second kappa shape index (κ2) is 9.56. The molecule has 1 fully saturated rings. The summed E-state index contributed by atoms with van der Waals surface area (Å²) < 4.78 is 27.6. The summed E-state index contributed by atoms with van der Waals surface area (Å²) in [5, 5.41) is 2.91. The molecule has 0 saturated carbocycles. The van der Waals surface area contributed by atoms with E-state index < -0.39 is 15.9 Å². The molecule has 0 aliphatic carbocycles. The van der Waals surface area contributed by atoms with E-state index in [4.69, 9.17) is 0 Å². The molecule has 1 N–H and O–H groups in total. The first kappa shape index (κ1) is 22.7. The van der Waals surface area contributed by atoms with Crippen LogP contribution in [0.2, 0.25) is 0 Å². The fourth-order valence-electron chi connectivity index (χ4n) is 3.85. The van der Waals surface area contributed by atoms with Crippen LogP contribution in [0.3, 0.4) is 0 Å². The van der Waals surface area contributed by atoms with Crippen LogP contribution in [0.25, 0.3) is 11.1 Å². The Hall–Kier alpha value is -3.49. The third-order valence-electron chi connectivity index (χ3n) is 5.68. The van der Waals surface area contributed by atoms with Crippen LogP contribution in [-0.4, -0.2) is 55.6 Å². The third kappa shape index (κ3) is 4.97. The standard InChI is InChI=1S/C25H25N3O4S/c1-19(29)27-14-16-28(17-15-27)33(31,32)22-11-7-10-21(18-22)25(30)26-24-13-6-5-12-23(24)20-8-3-2-4-9-20/h2-13,18H,14-17H2,1H3,(H,26,30). The van der Waals surface area contributed by atoms with Gasteiger partial charge in [-0.15, -0.1) is 0 Å². The summed E-state index contributed by atoms with van der Waals surface area (Å²) in [6.07, 6.45) is 0. The number of hydrogen-bond donors (Lipinski definition) is 1. The van der Waals surface area contributed by atoms with E-state index in [1.54, 1.807) is 17.0 Å². The predicted molar refractivity (Wildman–Crippen MR) is 127 cm³/mol. The number of amides is 2. The Labute approximate surface area is 193 Å². The van der Waals surface area contributed by atoms with E-state index in [1.165, 1.54) is 23.4 Å². The quantitative estimate of drug-likeness (QED) is 0.628. The maximum absolute atomic E-state index is 13.1. The van der Waals surface area contributed by atoms with Gasteiger partial charge in [0, 0.05) is 49.9 Å². The van der Waals surface area contributed by atoms with Gasteiger partial charge < -0.3 is 10.2 Å². The molecule has 2 amide bonds. The lowest BCUT2D eigenvalue weighted by atomic mass is 10.0. The first-order valence-corrected chi connectivity index (χ1v) is 12.1. The molecule has 0 spiro atoms. The Balaban J connectivity index is 1.54. The number of rotatable bonds is 5. The molecule has 0 radical (unpaired) electrons. The van der Waals surface area contributed by atoms with Crippen LogP contribution in [-0.2, 0) is 14.8 Å². The van der Waals surface area contributed by atoms with Gasteiger partial charge in [0.2, 0.25) is 15.9 Å². The van der Waals surface area contributed by atoms with Crippen LogP contribution < -0.4 is 5.32 Å². The lowest BCUT2D eigenvalue weighted by Crippen LogP contribution is -2.49. The molecule has 33 heavy (non-hydrogen) atoms. The fraction of sp³-hybridized carbons (Fsp3) is 0.200. The topological polar surface area (TPSA) is 86.8 Å². The highest BCUT2D eigenvalue weighted by Gasteiger charge is 2.29. The van der Waals surface area contributed by atoms with Crippen LogP contribution in [0.15, 0.2) is 83.8 Å². The van der Waals surface area contributed by atoms with Gasteiger partial charge in [-0.1, -0.05) is 54.6 Å². The molecule has 3 aromatic carbocycles. The van der Waals surface area contributed by atoms with Crippen molar-refractivity contribution in [3.05, 3.63) is 84.4 Å². The number of carbonyl (C=O) groups excluding carboxylic acids is 2. The Bertz CT molecular complexity index is 1270. The zero-order valence-corrected chi connectivity index (χ0v) is 19.1. The monoisotopic (exact) mass is 463 g/mol. The van der Waals surface area contributed by atoms with Gasteiger partial charge in [-0.2, -0.15) is 4.31 Å². The van der Waals surface area contributed by atoms with Gasteiger partial charge in [-0.25, -0.2) is 8.42 Å². The number of sulfonamides is 1. The second-order valence-electron chi connectivity index (χ2n) is 7.80. The molecule has 0 unspecified atom stereocenters. The Morgan fingerprint density at radius 3 is 2.18 bits per heavy atom. The largest absolute Gasteiger partial charge is 0.340 e. The van der Waals surface area contributed by atoms with Gasteiger partial charge >= 0.3 is 0 Å². The molecule has 170 valence electrons. The average Bonchev–Trinajstić information content (AvgIpc) is 2.85. The highest BCUT2D eigenvalue weighted by molar-refractivity contribution is 7.89. The number of para-hydroxylation sites is 1. The lowest BCUT2D eigenvalue weighted by molar-refractivity contribution is -0.129. The number of hydrogen-bond acceptors (Lipinski definition) is 4. The average molecular weight is 464 g/mol. The van der Waals surface area contributed by atoms with Crippen molar-refractivity contribution < 1.29 is 18.0 Å². The molecule has 1 saturated heterocycles. The van der Waals surface area contributed by atoms with Crippen molar-refractivity contribution in [3.63, 3.8) is 0 Å². The molecular formula is C25H25N3O4S. The summed E-state index contributed by atoms with van der Waals surface area (Å²) in [4.78, 5) is 26.2. The Morgan fingerprint density at radius 1 is 0.818 bits per heavy atom. The molecule has 4 rings (SSSR count). The first-order valence-electron chi connectivity index (χ1n) is 10.7. The van der Waals surface area contributed by atoms with Crippen LogP contribution in [0.4, 0.5) is 5.69 Å². The molecular weight excluding hydrogens is 438 g/mol. The SMILES string of the molecule is CC(=O)N1CCN(S(=O)(=O)c2cccc(C(=O)Nc3ccccc3-c3ccccc3)c2)CC1. The fourth-order valence-corrected chi connectivity index (χ4v) is 5.31. The van der Waals surface area contributed by atoms with E-state index in [1.807, 2.05) is 54.6 Å². The van der Waals surface area contributed by atoms with Gasteiger partial charge in [-0.05, 0) is 29.8 Å². The molecule has 0 aromatic heterocycles. The summed E-state index contributed by atoms with van der Waals surface area (Å²) in [6.45, 7) is 2.63. The van der Waals surface area contributed by atoms with Crippen molar-refractivity contribution in [2.24, 2.45) is 0 Å². The van der Waals surface area contributed by atoms with Gasteiger partial charge in [0.15, 0.2) is 0 Å². The van der Waals surface area contributed by atoms with Gasteiger partial charge in [0.25, 0.3) is 5.91 Å². The van der Waals surface area contributed by atoms with E-state index in [2.05, 4.69) is 5.32 Å². The minimum Gasteiger partial charge on any atom is -0.340 e. The van der Waals surface area contributed by atoms with E-state index in [0.29, 0.717) is 18.8 Å². The van der Waals surface area contributed by atoms with Crippen molar-refractivity contribution in [3.8, 4) is 11.1 Å². The highest BCUT2D eigenvalue weighted by Crippen LogP contribution is 2.28. The predicted octanol–water partition coefficient (Wildman–Crippen LogP) is 3.46. The molecule has 1 aliphatic rings. The number of nitrogens with one attached hydrogen (secondary N) is 1. The normalized spacial score (nSPS) is 14.6. The third-order valence-corrected chi connectivity index (χ3v) is 7.57. The van der Waals surface area contributed by atoms with Gasteiger partial charge in [0.1, 0.15) is 0 Å². The summed E-state index contributed by atoms with van der Waals surface area (Å²) in [7, 11) is -3.78. The van der Waals surface area contributed by atoms with Crippen molar-refractivity contribution in [1.29, 1.82) is 0 Å². The Morgan fingerprint density at radius 2 is 1.48 bits per heavy atom. The van der Waals surface area contributed by atoms with E-state index in [-0.39, 0.29) is 29.5 Å². The minimum atomic E-state index is -3.78. The van der Waals surface area contributed by atoms with Gasteiger partial charge in [-0.3, -0.25) is 9.59 Å². The number of anilines is 1. The maximum atomic E-state index is 13.1. The lowest BCUT2D eigenvalue weighted by Gasteiger charge is -2.33. The van der Waals surface area contributed by atoms with Crippen LogP contribution in [0.5, 0.6) is 0 Å². The maximum Gasteiger partial charge on any atom is 0.255 e. The molecule has 0 bridgehead atoms. The van der Waals surface area contributed by atoms with Crippen molar-refractivity contribution in [2.75, 3.05) is 31.5 Å². The number of piperazine rings is 1. The highest BCUT2D eigenvalue weighted by atomic mass is 32.2. The smallest absolute Gasteiger partial charge is 0.255 e. The van der Waals surface area contributed by atoms with Crippen LogP contribution in [0, 0.1) is 0 Å². The first-order chi connectivity index (χ1) is 15.9. The summed E-state index contributed by atoms with van der Waals surface area (Å²) >= 11 is 0. The molecule has 8 heteroatoms. The van der Waals surface area contributed by atoms with Gasteiger partial charge in [0.05, 0.1) is 4.90 Å². The zero-order chi connectivity index (χ0) is 23.4. The van der Waals surface area contributed by atoms with E-state index in [0.717, 1.165) is 11.1 Å².